The van der Waals surface area contributed by atoms with E-state index >= 15 is 0 Å². The smallest absolute Gasteiger partial charge is 0.308 e. The number of rotatable bonds is 5. The average molecular weight is 281 g/mol. The zero-order valence-corrected chi connectivity index (χ0v) is 12.1. The predicted molar refractivity (Wildman–Crippen MR) is 83.0 cm³/mol. The number of fused-ring (bicyclic) bond motifs is 3. The Morgan fingerprint density at radius 1 is 1.05 bits per heavy atom. The zero-order valence-electron chi connectivity index (χ0n) is 12.1. The fourth-order valence-corrected chi connectivity index (χ4v) is 2.79. The molecule has 2 aromatic rings. The molecule has 0 saturated heterocycles. The molecule has 3 rings (SSSR count). The lowest BCUT2D eigenvalue weighted by molar-refractivity contribution is -0.147. The van der Waals surface area contributed by atoms with Crippen molar-refractivity contribution in [2.45, 2.75) is 19.4 Å². The lowest BCUT2D eigenvalue weighted by Gasteiger charge is -2.15. The molecule has 0 spiro atoms. The number of carbonyl (C=O) groups excluding carboxylic acids is 1. The molecule has 108 valence electrons. The summed E-state index contributed by atoms with van der Waals surface area (Å²) in [6.45, 7) is 3.54. The SMILES string of the molecule is CCNCCC(=O)OC1c2ccccc2-c2ccccc21. The largest absolute Gasteiger partial charge is 0.452 e. The highest BCUT2D eigenvalue weighted by Gasteiger charge is 2.30. The number of hydrogen-bond donors (Lipinski definition) is 1. The summed E-state index contributed by atoms with van der Waals surface area (Å²) in [7, 11) is 0. The first kappa shape index (κ1) is 13.8. The van der Waals surface area contributed by atoms with Crippen LogP contribution in [0.25, 0.3) is 11.1 Å². The highest BCUT2D eigenvalue weighted by molar-refractivity contribution is 5.80. The van der Waals surface area contributed by atoms with E-state index in [-0.39, 0.29) is 12.1 Å². The van der Waals surface area contributed by atoms with Gasteiger partial charge in [0.15, 0.2) is 6.10 Å². The van der Waals surface area contributed by atoms with Gasteiger partial charge in [0.05, 0.1) is 6.42 Å². The molecule has 0 heterocycles. The summed E-state index contributed by atoms with van der Waals surface area (Å²) in [4.78, 5) is 12.0. The van der Waals surface area contributed by atoms with Gasteiger partial charge in [-0.15, -0.1) is 0 Å². The second kappa shape index (κ2) is 6.10. The molecule has 3 heteroatoms. The van der Waals surface area contributed by atoms with Gasteiger partial charge >= 0.3 is 5.97 Å². The lowest BCUT2D eigenvalue weighted by Crippen LogP contribution is -2.20. The second-order valence-corrected chi connectivity index (χ2v) is 5.15. The Balaban J connectivity index is 1.84. The minimum absolute atomic E-state index is 0.160. The molecule has 21 heavy (non-hydrogen) atoms. The van der Waals surface area contributed by atoms with Crippen LogP contribution in [-0.2, 0) is 9.53 Å². The Morgan fingerprint density at radius 3 is 2.19 bits per heavy atom. The molecule has 0 fully saturated rings. The highest BCUT2D eigenvalue weighted by atomic mass is 16.5. The van der Waals surface area contributed by atoms with Gasteiger partial charge in [-0.1, -0.05) is 55.5 Å². The molecule has 0 saturated carbocycles. The van der Waals surface area contributed by atoms with Crippen LogP contribution >= 0.6 is 0 Å². The summed E-state index contributed by atoms with van der Waals surface area (Å²) in [5.41, 5.74) is 4.49. The molecule has 0 unspecified atom stereocenters. The van der Waals surface area contributed by atoms with E-state index in [0.29, 0.717) is 13.0 Å². The maximum Gasteiger partial charge on any atom is 0.308 e. The fourth-order valence-electron chi connectivity index (χ4n) is 2.79. The van der Waals surface area contributed by atoms with Crippen LogP contribution in [0.3, 0.4) is 0 Å². The molecule has 0 amide bonds. The summed E-state index contributed by atoms with van der Waals surface area (Å²) in [5.74, 6) is -0.160. The molecule has 0 radical (unpaired) electrons. The maximum absolute atomic E-state index is 12.0. The van der Waals surface area contributed by atoms with Crippen LogP contribution < -0.4 is 5.32 Å². The van der Waals surface area contributed by atoms with Gasteiger partial charge in [-0.25, -0.2) is 0 Å². The first-order valence-corrected chi connectivity index (χ1v) is 7.39. The summed E-state index contributed by atoms with van der Waals surface area (Å²) in [6.07, 6.45) is 0.126. The molecule has 2 aromatic carbocycles. The third-order valence-electron chi connectivity index (χ3n) is 3.78. The number of ether oxygens (including phenoxy) is 1. The Kier molecular flexibility index (Phi) is 4.02. The number of benzene rings is 2. The van der Waals surface area contributed by atoms with Gasteiger partial charge in [0.2, 0.25) is 0 Å². The molecular formula is C18H19NO2. The van der Waals surface area contributed by atoms with Crippen molar-refractivity contribution in [2.75, 3.05) is 13.1 Å². The van der Waals surface area contributed by atoms with Crippen molar-refractivity contribution in [1.82, 2.24) is 5.32 Å². The predicted octanol–water partition coefficient (Wildman–Crippen LogP) is 3.30. The topological polar surface area (TPSA) is 38.3 Å². The summed E-state index contributed by atoms with van der Waals surface area (Å²) in [6, 6.07) is 16.3. The van der Waals surface area contributed by atoms with Crippen molar-refractivity contribution < 1.29 is 9.53 Å². The van der Waals surface area contributed by atoms with Gasteiger partial charge in [-0.2, -0.15) is 0 Å². The minimum Gasteiger partial charge on any atom is -0.452 e. The molecular weight excluding hydrogens is 262 g/mol. The Morgan fingerprint density at radius 2 is 1.62 bits per heavy atom. The van der Waals surface area contributed by atoms with E-state index in [1.54, 1.807) is 0 Å². The van der Waals surface area contributed by atoms with E-state index in [9.17, 15) is 4.79 Å². The van der Waals surface area contributed by atoms with Crippen LogP contribution in [0.4, 0.5) is 0 Å². The third kappa shape index (κ3) is 2.69. The maximum atomic E-state index is 12.0. The summed E-state index contributed by atoms with van der Waals surface area (Å²) in [5, 5.41) is 3.14. The Labute approximate surface area is 124 Å². The molecule has 1 N–H and O–H groups in total. The van der Waals surface area contributed by atoms with Crippen molar-refractivity contribution in [3.63, 3.8) is 0 Å². The zero-order chi connectivity index (χ0) is 14.7. The van der Waals surface area contributed by atoms with Gasteiger partial charge in [0.1, 0.15) is 0 Å². The van der Waals surface area contributed by atoms with E-state index in [1.807, 2.05) is 43.3 Å². The molecule has 1 aliphatic carbocycles. The van der Waals surface area contributed by atoms with E-state index in [4.69, 9.17) is 4.74 Å². The van der Waals surface area contributed by atoms with Crippen LogP contribution in [0.5, 0.6) is 0 Å². The number of hydrogen-bond acceptors (Lipinski definition) is 3. The number of nitrogens with one attached hydrogen (secondary N) is 1. The fraction of sp³-hybridized carbons (Fsp3) is 0.278. The van der Waals surface area contributed by atoms with Crippen LogP contribution in [-0.4, -0.2) is 19.1 Å². The van der Waals surface area contributed by atoms with Crippen molar-refractivity contribution in [2.24, 2.45) is 0 Å². The van der Waals surface area contributed by atoms with Gasteiger partial charge < -0.3 is 10.1 Å². The first-order valence-electron chi connectivity index (χ1n) is 7.39. The molecule has 0 atom stereocenters. The second-order valence-electron chi connectivity index (χ2n) is 5.15. The Bertz CT molecular complexity index is 606. The quantitative estimate of drug-likeness (QED) is 0.675. The minimum atomic E-state index is -0.272. The number of esters is 1. The lowest BCUT2D eigenvalue weighted by atomic mass is 10.1. The van der Waals surface area contributed by atoms with E-state index in [2.05, 4.69) is 17.4 Å². The summed E-state index contributed by atoms with van der Waals surface area (Å²) >= 11 is 0. The van der Waals surface area contributed by atoms with E-state index in [1.165, 1.54) is 0 Å². The normalized spacial score (nSPS) is 12.8. The van der Waals surface area contributed by atoms with Crippen LogP contribution in [0.15, 0.2) is 48.5 Å². The van der Waals surface area contributed by atoms with Gasteiger partial charge in [0.25, 0.3) is 0 Å². The van der Waals surface area contributed by atoms with Gasteiger partial charge in [-0.3, -0.25) is 4.79 Å². The standard InChI is InChI=1S/C18H19NO2/c1-2-19-12-11-17(20)21-18-15-9-5-3-7-13(15)14-8-4-6-10-16(14)18/h3-10,18-19H,2,11-12H2,1H3. The Hall–Kier alpha value is -2.13. The van der Waals surface area contributed by atoms with Crippen molar-refractivity contribution >= 4 is 5.97 Å². The summed E-state index contributed by atoms with van der Waals surface area (Å²) < 4.78 is 5.73. The van der Waals surface area contributed by atoms with Crippen LogP contribution in [0.2, 0.25) is 0 Å². The molecule has 1 aliphatic rings. The van der Waals surface area contributed by atoms with Crippen molar-refractivity contribution in [3.05, 3.63) is 59.7 Å². The van der Waals surface area contributed by atoms with Gasteiger partial charge in [0, 0.05) is 17.7 Å². The molecule has 0 aromatic heterocycles. The van der Waals surface area contributed by atoms with E-state index < -0.39 is 0 Å². The van der Waals surface area contributed by atoms with Crippen LogP contribution in [0, 0.1) is 0 Å². The highest BCUT2D eigenvalue weighted by Crippen LogP contribution is 2.45. The van der Waals surface area contributed by atoms with Crippen molar-refractivity contribution in [1.29, 1.82) is 0 Å². The first-order chi connectivity index (χ1) is 10.3. The molecule has 3 nitrogen and oxygen atoms in total. The third-order valence-corrected chi connectivity index (χ3v) is 3.78. The molecule has 0 aliphatic heterocycles. The van der Waals surface area contributed by atoms with Crippen LogP contribution in [0.1, 0.15) is 30.6 Å². The monoisotopic (exact) mass is 281 g/mol. The van der Waals surface area contributed by atoms with E-state index in [0.717, 1.165) is 28.8 Å². The number of carbonyl (C=O) groups is 1. The molecule has 0 bridgehead atoms. The van der Waals surface area contributed by atoms with Gasteiger partial charge in [-0.05, 0) is 17.7 Å². The van der Waals surface area contributed by atoms with Crippen molar-refractivity contribution in [3.8, 4) is 11.1 Å². The average Bonchev–Trinajstić information content (AvgIpc) is 2.83.